The Morgan fingerprint density at radius 1 is 0.923 bits per heavy atom. The van der Waals surface area contributed by atoms with Crippen molar-refractivity contribution in [1.82, 2.24) is 0 Å². The zero-order valence-electron chi connectivity index (χ0n) is 16.4. The van der Waals surface area contributed by atoms with Gasteiger partial charge in [-0.2, -0.15) is 10.5 Å². The van der Waals surface area contributed by atoms with Crippen LogP contribution in [0.1, 0.15) is 88.3 Å². The van der Waals surface area contributed by atoms with Gasteiger partial charge in [-0.15, -0.1) is 0 Å². The first-order valence-corrected chi connectivity index (χ1v) is 10.3. The Morgan fingerprint density at radius 2 is 1.58 bits per heavy atom. The van der Waals surface area contributed by atoms with E-state index in [1.165, 1.54) is 44.9 Å². The topological polar surface area (TPSA) is 56.8 Å². The highest BCUT2D eigenvalue weighted by Crippen LogP contribution is 2.34. The first-order chi connectivity index (χ1) is 12.7. The van der Waals surface area contributed by atoms with E-state index in [9.17, 15) is 10.5 Å². The van der Waals surface area contributed by atoms with Gasteiger partial charge in [0.25, 0.3) is 0 Å². The maximum atomic E-state index is 9.47. The van der Waals surface area contributed by atoms with Crippen LogP contribution < -0.4 is 4.74 Å². The molecule has 1 aromatic rings. The molecule has 0 bridgehead atoms. The summed E-state index contributed by atoms with van der Waals surface area (Å²) in [5.74, 6) is 2.36. The quantitative estimate of drug-likeness (QED) is 0.501. The second-order valence-electron chi connectivity index (χ2n) is 7.61. The Hall–Kier alpha value is -2.00. The van der Waals surface area contributed by atoms with Crippen LogP contribution in [0, 0.1) is 34.5 Å². The summed E-state index contributed by atoms with van der Waals surface area (Å²) in [6.07, 6.45) is 12.2. The third kappa shape index (κ3) is 5.50. The molecule has 1 aliphatic carbocycles. The molecular weight excluding hydrogens is 320 g/mol. The summed E-state index contributed by atoms with van der Waals surface area (Å²) in [5.41, 5.74) is 1.84. The molecule has 0 N–H and O–H groups in total. The average Bonchev–Trinajstić information content (AvgIpc) is 2.67. The molecule has 0 saturated heterocycles. The standard InChI is InChI=1S/C23H32N2O/c1-3-6-18-9-11-19(12-10-18)8-5-15-26-23-14-13-20(7-4-2)21(16-24)22(23)17-25/h13-14,18-19H,3-12,15H2,1-2H3/t18-,19-. The normalized spacial score (nSPS) is 19.5. The number of ether oxygens (including phenoxy) is 1. The molecule has 0 atom stereocenters. The van der Waals surface area contributed by atoms with Gasteiger partial charge in [-0.05, 0) is 42.7 Å². The Morgan fingerprint density at radius 3 is 2.15 bits per heavy atom. The predicted octanol–water partition coefficient (Wildman–Crippen LogP) is 6.15. The van der Waals surface area contributed by atoms with Gasteiger partial charge in [-0.3, -0.25) is 0 Å². The summed E-state index contributed by atoms with van der Waals surface area (Å²) in [7, 11) is 0. The van der Waals surface area contributed by atoms with Gasteiger partial charge in [0.05, 0.1) is 12.2 Å². The van der Waals surface area contributed by atoms with Crippen LogP contribution in [-0.2, 0) is 6.42 Å². The Balaban J connectivity index is 1.83. The molecule has 1 aromatic carbocycles. The molecule has 1 aliphatic rings. The molecule has 1 saturated carbocycles. The molecule has 3 nitrogen and oxygen atoms in total. The van der Waals surface area contributed by atoms with Crippen LogP contribution in [0.25, 0.3) is 0 Å². The van der Waals surface area contributed by atoms with E-state index in [4.69, 9.17) is 4.74 Å². The van der Waals surface area contributed by atoms with Crippen LogP contribution >= 0.6 is 0 Å². The minimum Gasteiger partial charge on any atom is -0.492 e. The monoisotopic (exact) mass is 352 g/mol. The summed E-state index contributed by atoms with van der Waals surface area (Å²) >= 11 is 0. The molecule has 26 heavy (non-hydrogen) atoms. The Bertz CT molecular complexity index is 645. The van der Waals surface area contributed by atoms with Crippen LogP contribution in [-0.4, -0.2) is 6.61 Å². The van der Waals surface area contributed by atoms with Crippen LogP contribution in [0.4, 0.5) is 0 Å². The molecule has 0 unspecified atom stereocenters. The van der Waals surface area contributed by atoms with Crippen molar-refractivity contribution >= 4 is 0 Å². The summed E-state index contributed by atoms with van der Waals surface area (Å²) in [6, 6.07) is 8.17. The molecule has 0 spiro atoms. The Labute approximate surface area is 159 Å². The third-order valence-corrected chi connectivity index (χ3v) is 5.67. The fourth-order valence-electron chi connectivity index (χ4n) is 4.23. The van der Waals surface area contributed by atoms with E-state index in [1.807, 2.05) is 12.1 Å². The number of hydrogen-bond donors (Lipinski definition) is 0. The van der Waals surface area contributed by atoms with Crippen LogP contribution in [0.3, 0.4) is 0 Å². The van der Waals surface area contributed by atoms with Gasteiger partial charge < -0.3 is 4.74 Å². The van der Waals surface area contributed by atoms with Crippen molar-refractivity contribution in [3.63, 3.8) is 0 Å². The molecule has 1 fully saturated rings. The van der Waals surface area contributed by atoms with Crippen molar-refractivity contribution in [1.29, 1.82) is 10.5 Å². The van der Waals surface area contributed by atoms with Gasteiger partial charge in [-0.1, -0.05) is 64.9 Å². The SMILES string of the molecule is CCCc1ccc(OCCC[C@H]2CC[C@H](CCC)CC2)c(C#N)c1C#N. The molecular formula is C23H32N2O. The van der Waals surface area contributed by atoms with Gasteiger partial charge in [0.2, 0.25) is 0 Å². The lowest BCUT2D eigenvalue weighted by Crippen LogP contribution is -2.15. The van der Waals surface area contributed by atoms with Crippen molar-refractivity contribution in [3.05, 3.63) is 28.8 Å². The molecule has 0 aromatic heterocycles. The van der Waals surface area contributed by atoms with Gasteiger partial charge in [0.1, 0.15) is 23.5 Å². The highest BCUT2D eigenvalue weighted by Gasteiger charge is 2.20. The third-order valence-electron chi connectivity index (χ3n) is 5.67. The molecule has 0 aliphatic heterocycles. The van der Waals surface area contributed by atoms with Crippen molar-refractivity contribution < 1.29 is 4.74 Å². The number of nitrogens with zero attached hydrogens (tertiary/aromatic N) is 2. The molecule has 2 rings (SSSR count). The molecule has 0 amide bonds. The molecule has 3 heteroatoms. The minimum absolute atomic E-state index is 0.401. The van der Waals surface area contributed by atoms with Crippen LogP contribution in [0.5, 0.6) is 5.75 Å². The first kappa shape index (κ1) is 20.3. The van der Waals surface area contributed by atoms with Crippen LogP contribution in [0.2, 0.25) is 0 Å². The lowest BCUT2D eigenvalue weighted by Gasteiger charge is -2.28. The van der Waals surface area contributed by atoms with E-state index in [0.717, 1.165) is 36.7 Å². The van der Waals surface area contributed by atoms with E-state index in [-0.39, 0.29) is 0 Å². The molecule has 0 heterocycles. The van der Waals surface area contributed by atoms with Gasteiger partial charge in [0, 0.05) is 0 Å². The van der Waals surface area contributed by atoms with Gasteiger partial charge >= 0.3 is 0 Å². The van der Waals surface area contributed by atoms with E-state index >= 15 is 0 Å². The van der Waals surface area contributed by atoms with E-state index in [0.29, 0.717) is 23.5 Å². The fourth-order valence-corrected chi connectivity index (χ4v) is 4.23. The molecule has 0 radical (unpaired) electrons. The average molecular weight is 353 g/mol. The summed E-state index contributed by atoms with van der Waals surface area (Å²) in [6.45, 7) is 4.99. The Kier molecular flexibility index (Phi) is 8.49. The summed E-state index contributed by atoms with van der Waals surface area (Å²) in [4.78, 5) is 0. The lowest BCUT2D eigenvalue weighted by molar-refractivity contribution is 0.230. The highest BCUT2D eigenvalue weighted by atomic mass is 16.5. The number of rotatable bonds is 9. The highest BCUT2D eigenvalue weighted by molar-refractivity contribution is 5.57. The predicted molar refractivity (Wildman–Crippen MR) is 105 cm³/mol. The number of aryl methyl sites for hydroxylation is 1. The van der Waals surface area contributed by atoms with E-state index in [2.05, 4.69) is 26.0 Å². The molecule has 140 valence electrons. The number of hydrogen-bond acceptors (Lipinski definition) is 3. The van der Waals surface area contributed by atoms with Gasteiger partial charge in [0.15, 0.2) is 0 Å². The second-order valence-corrected chi connectivity index (χ2v) is 7.61. The number of nitriles is 2. The van der Waals surface area contributed by atoms with Crippen molar-refractivity contribution in [2.45, 2.75) is 78.1 Å². The summed E-state index contributed by atoms with van der Waals surface area (Å²) in [5, 5.41) is 18.9. The van der Waals surface area contributed by atoms with Crippen LogP contribution in [0.15, 0.2) is 12.1 Å². The second kappa shape index (κ2) is 10.9. The number of benzene rings is 1. The maximum absolute atomic E-state index is 9.47. The minimum atomic E-state index is 0.401. The fraction of sp³-hybridized carbons (Fsp3) is 0.652. The zero-order valence-corrected chi connectivity index (χ0v) is 16.4. The smallest absolute Gasteiger partial charge is 0.138 e. The maximum Gasteiger partial charge on any atom is 0.138 e. The van der Waals surface area contributed by atoms with E-state index < -0.39 is 0 Å². The van der Waals surface area contributed by atoms with Crippen molar-refractivity contribution in [2.75, 3.05) is 6.61 Å². The largest absolute Gasteiger partial charge is 0.492 e. The lowest BCUT2D eigenvalue weighted by atomic mass is 9.78. The van der Waals surface area contributed by atoms with Crippen molar-refractivity contribution in [2.24, 2.45) is 11.8 Å². The summed E-state index contributed by atoms with van der Waals surface area (Å²) < 4.78 is 5.88. The first-order valence-electron chi connectivity index (χ1n) is 10.3. The van der Waals surface area contributed by atoms with Gasteiger partial charge in [-0.25, -0.2) is 0 Å². The van der Waals surface area contributed by atoms with Crippen molar-refractivity contribution in [3.8, 4) is 17.9 Å². The van der Waals surface area contributed by atoms with E-state index in [1.54, 1.807) is 0 Å². The zero-order chi connectivity index (χ0) is 18.8.